The molecule has 3 rings (SSSR count). The van der Waals surface area contributed by atoms with Crippen LogP contribution in [0, 0.1) is 6.92 Å². The quantitative estimate of drug-likeness (QED) is 0.614. The first-order valence-electron chi connectivity index (χ1n) is 8.15. The Morgan fingerprint density at radius 1 is 1.21 bits per heavy atom. The second-order valence-electron chi connectivity index (χ2n) is 5.65. The van der Waals surface area contributed by atoms with Crippen molar-refractivity contribution in [1.82, 2.24) is 19.9 Å². The fraction of sp³-hybridized carbons (Fsp3) is 0.167. The maximum absolute atomic E-state index is 12.7. The summed E-state index contributed by atoms with van der Waals surface area (Å²) in [5, 5.41) is 2.57. The van der Waals surface area contributed by atoms with E-state index < -0.39 is 17.2 Å². The van der Waals surface area contributed by atoms with Crippen molar-refractivity contribution >= 4 is 23.4 Å². The third-order valence-corrected chi connectivity index (χ3v) is 4.50. The average Bonchev–Trinajstić information content (AvgIpc) is 2.66. The van der Waals surface area contributed by atoms with Crippen LogP contribution < -0.4 is 10.9 Å². The highest BCUT2D eigenvalue weighted by Gasteiger charge is 2.16. The number of para-hydroxylation sites is 1. The number of nitrogens with zero attached hydrogens (tertiary/aromatic N) is 3. The lowest BCUT2D eigenvalue weighted by molar-refractivity contribution is -0.115. The Kier molecular flexibility index (Phi) is 6.09. The topological polar surface area (TPSA) is 101 Å². The molecule has 3 aromatic rings. The lowest BCUT2D eigenvalue weighted by Crippen LogP contribution is -2.24. The number of halogens is 2. The Balaban J connectivity index is 1.79. The number of H-pyrrole nitrogens is 1. The van der Waals surface area contributed by atoms with Gasteiger partial charge in [-0.3, -0.25) is 9.59 Å². The molecule has 0 saturated carbocycles. The number of hydrogen-bond acceptors (Lipinski definition) is 6. The minimum absolute atomic E-state index is 0.177. The van der Waals surface area contributed by atoms with E-state index in [-0.39, 0.29) is 34.2 Å². The number of nitrogens with one attached hydrogen (secondary N) is 2. The van der Waals surface area contributed by atoms with Gasteiger partial charge in [-0.05, 0) is 25.1 Å². The van der Waals surface area contributed by atoms with Crippen LogP contribution in [0.25, 0.3) is 11.6 Å². The SMILES string of the molecule is Cc1nc(-c2ncccn2)[nH]c(=O)c1CC(=O)Nc1ccccc1SC(F)F. The first-order chi connectivity index (χ1) is 13.4. The third kappa shape index (κ3) is 4.77. The van der Waals surface area contributed by atoms with E-state index in [1.807, 2.05) is 0 Å². The molecule has 0 radical (unpaired) electrons. The average molecular weight is 403 g/mol. The number of rotatable bonds is 6. The first kappa shape index (κ1) is 19.6. The van der Waals surface area contributed by atoms with Gasteiger partial charge in [0.05, 0.1) is 12.1 Å². The van der Waals surface area contributed by atoms with Crippen LogP contribution in [0.1, 0.15) is 11.3 Å². The number of benzene rings is 1. The molecule has 144 valence electrons. The molecule has 0 bridgehead atoms. The molecule has 0 aliphatic carbocycles. The second kappa shape index (κ2) is 8.70. The van der Waals surface area contributed by atoms with Crippen LogP contribution in [0.4, 0.5) is 14.5 Å². The summed E-state index contributed by atoms with van der Waals surface area (Å²) in [5.74, 6) is -2.66. The molecule has 0 unspecified atom stereocenters. The first-order valence-corrected chi connectivity index (χ1v) is 9.03. The van der Waals surface area contributed by atoms with Crippen molar-refractivity contribution in [3.63, 3.8) is 0 Å². The van der Waals surface area contributed by atoms with Crippen molar-refractivity contribution < 1.29 is 13.6 Å². The number of hydrogen-bond donors (Lipinski definition) is 2. The van der Waals surface area contributed by atoms with E-state index in [2.05, 4.69) is 25.3 Å². The largest absolute Gasteiger partial charge is 0.325 e. The number of aryl methyl sites for hydroxylation is 1. The van der Waals surface area contributed by atoms with Gasteiger partial charge in [-0.1, -0.05) is 23.9 Å². The van der Waals surface area contributed by atoms with E-state index >= 15 is 0 Å². The number of aromatic nitrogens is 4. The Bertz CT molecular complexity index is 1040. The van der Waals surface area contributed by atoms with E-state index in [0.717, 1.165) is 0 Å². The van der Waals surface area contributed by atoms with E-state index in [1.165, 1.54) is 24.5 Å². The molecule has 7 nitrogen and oxygen atoms in total. The van der Waals surface area contributed by atoms with Gasteiger partial charge in [0.1, 0.15) is 0 Å². The summed E-state index contributed by atoms with van der Waals surface area (Å²) in [5.41, 5.74) is 0.308. The maximum Gasteiger partial charge on any atom is 0.288 e. The van der Waals surface area contributed by atoms with Crippen molar-refractivity contribution in [2.75, 3.05) is 5.32 Å². The van der Waals surface area contributed by atoms with Gasteiger partial charge >= 0.3 is 0 Å². The molecule has 10 heteroatoms. The van der Waals surface area contributed by atoms with Gasteiger partial charge in [0.25, 0.3) is 11.3 Å². The summed E-state index contributed by atoms with van der Waals surface area (Å²) in [6.07, 6.45) is 2.79. The van der Waals surface area contributed by atoms with Crippen LogP contribution in [0.3, 0.4) is 0 Å². The highest BCUT2D eigenvalue weighted by atomic mass is 32.2. The van der Waals surface area contributed by atoms with Crippen molar-refractivity contribution in [2.24, 2.45) is 0 Å². The molecule has 0 aliphatic heterocycles. The number of alkyl halides is 2. The molecular formula is C18H15F2N5O2S. The Labute approximate surface area is 162 Å². The maximum atomic E-state index is 12.7. The van der Waals surface area contributed by atoms with Crippen LogP contribution in [-0.2, 0) is 11.2 Å². The van der Waals surface area contributed by atoms with Crippen molar-refractivity contribution in [1.29, 1.82) is 0 Å². The van der Waals surface area contributed by atoms with Gasteiger partial charge in [-0.2, -0.15) is 8.78 Å². The van der Waals surface area contributed by atoms with Gasteiger partial charge in [-0.25, -0.2) is 15.0 Å². The molecule has 2 heterocycles. The molecule has 0 aliphatic rings. The Morgan fingerprint density at radius 3 is 2.61 bits per heavy atom. The summed E-state index contributed by atoms with van der Waals surface area (Å²) in [4.78, 5) is 39.9. The molecule has 0 fully saturated rings. The summed E-state index contributed by atoms with van der Waals surface area (Å²) >= 11 is 0.337. The number of carbonyl (C=O) groups excluding carboxylic acids is 1. The molecular weight excluding hydrogens is 388 g/mol. The molecule has 2 aromatic heterocycles. The fourth-order valence-corrected chi connectivity index (χ4v) is 3.06. The molecule has 0 atom stereocenters. The minimum Gasteiger partial charge on any atom is -0.325 e. The van der Waals surface area contributed by atoms with Crippen LogP contribution in [-0.4, -0.2) is 31.6 Å². The van der Waals surface area contributed by atoms with Gasteiger partial charge in [0, 0.05) is 28.5 Å². The molecule has 0 saturated heterocycles. The number of anilines is 1. The number of amides is 1. The number of carbonyl (C=O) groups is 1. The summed E-state index contributed by atoms with van der Waals surface area (Å²) in [6, 6.07) is 7.87. The zero-order valence-corrected chi connectivity index (χ0v) is 15.5. The fourth-order valence-electron chi connectivity index (χ4n) is 2.47. The van der Waals surface area contributed by atoms with Crippen molar-refractivity contribution in [2.45, 2.75) is 24.0 Å². The predicted octanol–water partition coefficient (Wildman–Crippen LogP) is 3.03. The van der Waals surface area contributed by atoms with E-state index in [9.17, 15) is 18.4 Å². The number of aromatic amines is 1. The predicted molar refractivity (Wildman–Crippen MR) is 101 cm³/mol. The van der Waals surface area contributed by atoms with E-state index in [1.54, 1.807) is 25.1 Å². The van der Waals surface area contributed by atoms with Gasteiger partial charge < -0.3 is 10.3 Å². The second-order valence-corrected chi connectivity index (χ2v) is 6.68. The summed E-state index contributed by atoms with van der Waals surface area (Å²) in [7, 11) is 0. The summed E-state index contributed by atoms with van der Waals surface area (Å²) < 4.78 is 25.3. The zero-order chi connectivity index (χ0) is 20.1. The molecule has 1 aromatic carbocycles. The lowest BCUT2D eigenvalue weighted by Gasteiger charge is -2.11. The van der Waals surface area contributed by atoms with Gasteiger partial charge in [0.2, 0.25) is 5.91 Å². The standard InChI is InChI=1S/C18H15F2N5O2S/c1-10-11(17(27)25-16(23-10)15-21-7-4-8-22-15)9-14(26)24-12-5-2-3-6-13(12)28-18(19)20/h2-8,18H,9H2,1H3,(H,24,26)(H,23,25,27). The van der Waals surface area contributed by atoms with Gasteiger partial charge in [-0.15, -0.1) is 0 Å². The van der Waals surface area contributed by atoms with E-state index in [4.69, 9.17) is 0 Å². The van der Waals surface area contributed by atoms with Crippen LogP contribution in [0.5, 0.6) is 0 Å². The van der Waals surface area contributed by atoms with Crippen LogP contribution >= 0.6 is 11.8 Å². The Hall–Kier alpha value is -3.14. The Morgan fingerprint density at radius 2 is 1.93 bits per heavy atom. The molecule has 28 heavy (non-hydrogen) atoms. The van der Waals surface area contributed by atoms with Crippen LogP contribution in [0.2, 0.25) is 0 Å². The highest BCUT2D eigenvalue weighted by molar-refractivity contribution is 7.99. The summed E-state index contributed by atoms with van der Waals surface area (Å²) in [6.45, 7) is 1.60. The lowest BCUT2D eigenvalue weighted by atomic mass is 10.1. The third-order valence-electron chi connectivity index (χ3n) is 3.71. The van der Waals surface area contributed by atoms with Crippen LogP contribution in [0.15, 0.2) is 52.4 Å². The highest BCUT2D eigenvalue weighted by Crippen LogP contribution is 2.31. The smallest absolute Gasteiger partial charge is 0.288 e. The normalized spacial score (nSPS) is 10.9. The zero-order valence-electron chi connectivity index (χ0n) is 14.6. The minimum atomic E-state index is -2.61. The molecule has 0 spiro atoms. The van der Waals surface area contributed by atoms with Gasteiger partial charge in [0.15, 0.2) is 11.6 Å². The van der Waals surface area contributed by atoms with Crippen molar-refractivity contribution in [3.05, 3.63) is 64.3 Å². The number of thioether (sulfide) groups is 1. The van der Waals surface area contributed by atoms with E-state index in [0.29, 0.717) is 17.5 Å². The monoisotopic (exact) mass is 403 g/mol. The van der Waals surface area contributed by atoms with Crippen molar-refractivity contribution in [3.8, 4) is 11.6 Å². The molecule has 2 N–H and O–H groups in total. The molecule has 1 amide bonds.